The van der Waals surface area contributed by atoms with Gasteiger partial charge in [-0.3, -0.25) is 0 Å². The highest BCUT2D eigenvalue weighted by molar-refractivity contribution is 5.38. The van der Waals surface area contributed by atoms with Gasteiger partial charge in [-0.25, -0.2) is 4.68 Å². The van der Waals surface area contributed by atoms with Crippen molar-refractivity contribution < 1.29 is 4.74 Å². The quantitative estimate of drug-likeness (QED) is 0.793. The van der Waals surface area contributed by atoms with Crippen LogP contribution >= 0.6 is 0 Å². The van der Waals surface area contributed by atoms with E-state index in [-0.39, 0.29) is 0 Å². The van der Waals surface area contributed by atoms with Crippen LogP contribution in [0, 0.1) is 13.8 Å². The lowest BCUT2D eigenvalue weighted by Crippen LogP contribution is -2.38. The van der Waals surface area contributed by atoms with Gasteiger partial charge in [-0.15, -0.1) is 0 Å². The number of aryl methyl sites for hydroxylation is 2. The number of aromatic nitrogens is 2. The molecule has 0 amide bonds. The van der Waals surface area contributed by atoms with Crippen molar-refractivity contribution in [2.45, 2.75) is 32.9 Å². The first-order chi connectivity index (χ1) is 12.2. The Kier molecular flexibility index (Phi) is 4.28. The molecule has 1 aromatic heterocycles. The van der Waals surface area contributed by atoms with Crippen LogP contribution in [0.4, 0.5) is 0 Å². The average molecular weight is 333 g/mol. The van der Waals surface area contributed by atoms with Crippen molar-refractivity contribution in [2.24, 2.45) is 0 Å². The van der Waals surface area contributed by atoms with Gasteiger partial charge in [-0.1, -0.05) is 30.3 Å². The van der Waals surface area contributed by atoms with Gasteiger partial charge >= 0.3 is 0 Å². The van der Waals surface area contributed by atoms with Crippen LogP contribution in [-0.4, -0.2) is 22.4 Å². The number of nitrogens with zero attached hydrogens (tertiary/aromatic N) is 2. The Bertz CT molecular complexity index is 884. The fourth-order valence-corrected chi connectivity index (χ4v) is 3.41. The summed E-state index contributed by atoms with van der Waals surface area (Å²) in [4.78, 5) is 0. The molecule has 128 valence electrons. The molecule has 0 bridgehead atoms. The zero-order chi connectivity index (χ0) is 17.2. The summed E-state index contributed by atoms with van der Waals surface area (Å²) in [6, 6.07) is 19.3. The lowest BCUT2D eigenvalue weighted by Gasteiger charge is -2.26. The van der Waals surface area contributed by atoms with E-state index < -0.39 is 0 Å². The summed E-state index contributed by atoms with van der Waals surface area (Å²) in [5.41, 5.74) is 5.83. The van der Waals surface area contributed by atoms with Crippen molar-refractivity contribution in [3.63, 3.8) is 0 Å². The number of hydrogen-bond donors (Lipinski definition) is 1. The zero-order valence-electron chi connectivity index (χ0n) is 14.7. The Morgan fingerprint density at radius 3 is 2.84 bits per heavy atom. The summed E-state index contributed by atoms with van der Waals surface area (Å²) in [5.74, 6) is 1.02. The number of nitrogens with one attached hydrogen (secondary N) is 1. The average Bonchev–Trinajstić information content (AvgIpc) is 2.98. The molecule has 0 saturated heterocycles. The largest absolute Gasteiger partial charge is 0.492 e. The second-order valence-corrected chi connectivity index (χ2v) is 6.71. The van der Waals surface area contributed by atoms with E-state index in [0.29, 0.717) is 12.6 Å². The van der Waals surface area contributed by atoms with E-state index in [1.165, 1.54) is 11.1 Å². The van der Waals surface area contributed by atoms with Gasteiger partial charge in [0.05, 0.1) is 11.4 Å². The standard InChI is InChI=1S/C21H23N3O/c1-15-10-16(2)24(23-15)20-8-5-6-17(11-20)13-22-19-12-18-7-3-4-9-21(18)25-14-19/h3-11,19,22H,12-14H2,1-2H3/t19-/m0/s1. The first-order valence-electron chi connectivity index (χ1n) is 8.76. The first-order valence-corrected chi connectivity index (χ1v) is 8.76. The van der Waals surface area contributed by atoms with Crippen molar-refractivity contribution in [1.29, 1.82) is 0 Å². The normalized spacial score (nSPS) is 16.3. The number of rotatable bonds is 4. The highest BCUT2D eigenvalue weighted by atomic mass is 16.5. The van der Waals surface area contributed by atoms with Crippen LogP contribution in [-0.2, 0) is 13.0 Å². The van der Waals surface area contributed by atoms with Gasteiger partial charge in [0.1, 0.15) is 12.4 Å². The molecule has 0 unspecified atom stereocenters. The molecule has 1 atom stereocenters. The highest BCUT2D eigenvalue weighted by Crippen LogP contribution is 2.24. The molecule has 4 heteroatoms. The molecule has 2 aromatic carbocycles. The molecular weight excluding hydrogens is 310 g/mol. The second-order valence-electron chi connectivity index (χ2n) is 6.71. The molecule has 2 heterocycles. The summed E-state index contributed by atoms with van der Waals surface area (Å²) in [5, 5.41) is 8.20. The molecule has 3 aromatic rings. The Morgan fingerprint density at radius 1 is 1.12 bits per heavy atom. The number of benzene rings is 2. The van der Waals surface area contributed by atoms with E-state index in [2.05, 4.69) is 59.8 Å². The number of ether oxygens (including phenoxy) is 1. The van der Waals surface area contributed by atoms with Crippen LogP contribution in [0.1, 0.15) is 22.5 Å². The highest BCUT2D eigenvalue weighted by Gasteiger charge is 2.18. The van der Waals surface area contributed by atoms with Gasteiger partial charge in [-0.2, -0.15) is 5.10 Å². The summed E-state index contributed by atoms with van der Waals surface area (Å²) < 4.78 is 7.86. The molecule has 0 fully saturated rings. The molecular formula is C21H23N3O. The Hall–Kier alpha value is -2.59. The summed E-state index contributed by atoms with van der Waals surface area (Å²) in [6.45, 7) is 5.65. The summed E-state index contributed by atoms with van der Waals surface area (Å²) >= 11 is 0. The van der Waals surface area contributed by atoms with E-state index in [4.69, 9.17) is 4.74 Å². The minimum absolute atomic E-state index is 0.340. The molecule has 1 N–H and O–H groups in total. The van der Waals surface area contributed by atoms with Gasteiger partial charge < -0.3 is 10.1 Å². The molecule has 25 heavy (non-hydrogen) atoms. The Balaban J connectivity index is 1.44. The number of para-hydroxylation sites is 1. The molecule has 1 aliphatic rings. The van der Waals surface area contributed by atoms with Gasteiger partial charge in [-0.05, 0) is 55.7 Å². The zero-order valence-corrected chi connectivity index (χ0v) is 14.7. The molecule has 4 rings (SSSR count). The third-order valence-electron chi connectivity index (χ3n) is 4.64. The van der Waals surface area contributed by atoms with Crippen LogP contribution in [0.2, 0.25) is 0 Å². The molecule has 0 radical (unpaired) electrons. The maximum Gasteiger partial charge on any atom is 0.122 e. The van der Waals surface area contributed by atoms with Crippen LogP contribution in [0.25, 0.3) is 5.69 Å². The predicted molar refractivity (Wildman–Crippen MR) is 99.3 cm³/mol. The van der Waals surface area contributed by atoms with Crippen molar-refractivity contribution in [3.05, 3.63) is 77.1 Å². The SMILES string of the molecule is Cc1cc(C)n(-c2cccc(CN[C@@H]3COc4ccccc4C3)c2)n1. The van der Waals surface area contributed by atoms with Gasteiger partial charge in [0.2, 0.25) is 0 Å². The minimum atomic E-state index is 0.340. The smallest absolute Gasteiger partial charge is 0.122 e. The first kappa shape index (κ1) is 15.9. The van der Waals surface area contributed by atoms with Gasteiger partial charge in [0, 0.05) is 18.3 Å². The van der Waals surface area contributed by atoms with E-state index in [1.54, 1.807) is 0 Å². The fraction of sp³-hybridized carbons (Fsp3) is 0.286. The number of hydrogen-bond acceptors (Lipinski definition) is 3. The van der Waals surface area contributed by atoms with Gasteiger partial charge in [0.15, 0.2) is 0 Å². The Labute approximate surface area is 148 Å². The van der Waals surface area contributed by atoms with Crippen molar-refractivity contribution >= 4 is 0 Å². The van der Waals surface area contributed by atoms with Crippen molar-refractivity contribution in [3.8, 4) is 11.4 Å². The summed E-state index contributed by atoms with van der Waals surface area (Å²) in [7, 11) is 0. The van der Waals surface area contributed by atoms with E-state index in [0.717, 1.165) is 35.8 Å². The summed E-state index contributed by atoms with van der Waals surface area (Å²) in [6.07, 6.45) is 1.01. The maximum atomic E-state index is 5.86. The van der Waals surface area contributed by atoms with Crippen molar-refractivity contribution in [1.82, 2.24) is 15.1 Å². The number of fused-ring (bicyclic) bond motifs is 1. The van der Waals surface area contributed by atoms with Crippen molar-refractivity contribution in [2.75, 3.05) is 6.61 Å². The van der Waals surface area contributed by atoms with E-state index >= 15 is 0 Å². The third kappa shape index (κ3) is 3.44. The third-order valence-corrected chi connectivity index (χ3v) is 4.64. The molecule has 1 aliphatic heterocycles. The van der Waals surface area contributed by atoms with Crippen LogP contribution in [0.3, 0.4) is 0 Å². The molecule has 0 saturated carbocycles. The lowest BCUT2D eigenvalue weighted by molar-refractivity contribution is 0.238. The lowest BCUT2D eigenvalue weighted by atomic mass is 10.0. The Morgan fingerprint density at radius 2 is 2.00 bits per heavy atom. The van der Waals surface area contributed by atoms with Crippen LogP contribution in [0.15, 0.2) is 54.6 Å². The van der Waals surface area contributed by atoms with Crippen LogP contribution < -0.4 is 10.1 Å². The van der Waals surface area contributed by atoms with Crippen LogP contribution in [0.5, 0.6) is 5.75 Å². The van der Waals surface area contributed by atoms with E-state index in [9.17, 15) is 0 Å². The molecule has 0 spiro atoms. The van der Waals surface area contributed by atoms with Gasteiger partial charge in [0.25, 0.3) is 0 Å². The minimum Gasteiger partial charge on any atom is -0.492 e. The van der Waals surface area contributed by atoms with E-state index in [1.807, 2.05) is 23.7 Å². The maximum absolute atomic E-state index is 5.86. The topological polar surface area (TPSA) is 39.1 Å². The predicted octanol–water partition coefficient (Wildman–Crippen LogP) is 3.58. The molecule has 4 nitrogen and oxygen atoms in total. The monoisotopic (exact) mass is 333 g/mol. The molecule has 0 aliphatic carbocycles. The second kappa shape index (κ2) is 6.73. The fourth-order valence-electron chi connectivity index (χ4n) is 3.41.